The standard InChI is InChI=1S/C17H19BrFNO/c1-2-9-21-17-8-5-15(18)10-14(17)12-20-11-13-3-6-16(19)7-4-13/h3-8,10,20H,2,9,11-12H2,1H3. The van der Waals surface area contributed by atoms with Crippen molar-refractivity contribution < 1.29 is 9.13 Å². The SMILES string of the molecule is CCCOc1ccc(Br)cc1CNCc1ccc(F)cc1. The van der Waals surface area contributed by atoms with E-state index in [4.69, 9.17) is 4.74 Å². The molecule has 1 N–H and O–H groups in total. The van der Waals surface area contributed by atoms with E-state index in [9.17, 15) is 4.39 Å². The minimum atomic E-state index is -0.207. The van der Waals surface area contributed by atoms with Crippen LogP contribution in [-0.4, -0.2) is 6.61 Å². The fourth-order valence-corrected chi connectivity index (χ4v) is 2.39. The molecule has 0 aliphatic carbocycles. The number of hydrogen-bond acceptors (Lipinski definition) is 2. The van der Waals surface area contributed by atoms with Crippen LogP contribution >= 0.6 is 15.9 Å². The summed E-state index contributed by atoms with van der Waals surface area (Å²) in [4.78, 5) is 0. The van der Waals surface area contributed by atoms with E-state index in [0.717, 1.165) is 27.8 Å². The molecule has 4 heteroatoms. The molecular weight excluding hydrogens is 333 g/mol. The molecule has 0 bridgehead atoms. The first-order chi connectivity index (χ1) is 10.2. The first kappa shape index (κ1) is 16.0. The van der Waals surface area contributed by atoms with Gasteiger partial charge in [-0.25, -0.2) is 4.39 Å². The van der Waals surface area contributed by atoms with Crippen LogP contribution in [-0.2, 0) is 13.1 Å². The fourth-order valence-electron chi connectivity index (χ4n) is 1.98. The molecule has 0 fully saturated rings. The van der Waals surface area contributed by atoms with Crippen molar-refractivity contribution >= 4 is 15.9 Å². The molecule has 21 heavy (non-hydrogen) atoms. The average molecular weight is 352 g/mol. The smallest absolute Gasteiger partial charge is 0.123 e. The molecule has 0 atom stereocenters. The number of rotatable bonds is 7. The van der Waals surface area contributed by atoms with Gasteiger partial charge in [0.2, 0.25) is 0 Å². The average Bonchev–Trinajstić information content (AvgIpc) is 2.48. The highest BCUT2D eigenvalue weighted by molar-refractivity contribution is 9.10. The largest absolute Gasteiger partial charge is 0.493 e. The Morgan fingerprint density at radius 1 is 1.10 bits per heavy atom. The van der Waals surface area contributed by atoms with Gasteiger partial charge in [0.25, 0.3) is 0 Å². The van der Waals surface area contributed by atoms with Crippen molar-refractivity contribution in [2.24, 2.45) is 0 Å². The molecular formula is C17H19BrFNO. The summed E-state index contributed by atoms with van der Waals surface area (Å²) in [6, 6.07) is 12.6. The van der Waals surface area contributed by atoms with Crippen LogP contribution in [0.4, 0.5) is 4.39 Å². The van der Waals surface area contributed by atoms with E-state index >= 15 is 0 Å². The van der Waals surface area contributed by atoms with E-state index in [1.54, 1.807) is 12.1 Å². The molecule has 0 saturated carbocycles. The lowest BCUT2D eigenvalue weighted by atomic mass is 10.2. The van der Waals surface area contributed by atoms with Gasteiger partial charge in [-0.2, -0.15) is 0 Å². The third kappa shape index (κ3) is 5.14. The van der Waals surface area contributed by atoms with E-state index in [0.29, 0.717) is 19.7 Å². The Balaban J connectivity index is 1.95. The molecule has 0 amide bonds. The summed E-state index contributed by atoms with van der Waals surface area (Å²) in [6.07, 6.45) is 0.985. The van der Waals surface area contributed by atoms with Crippen molar-refractivity contribution in [2.45, 2.75) is 26.4 Å². The zero-order valence-electron chi connectivity index (χ0n) is 12.0. The van der Waals surface area contributed by atoms with Crippen LogP contribution in [0.25, 0.3) is 0 Å². The Labute approximate surface area is 133 Å². The lowest BCUT2D eigenvalue weighted by Gasteiger charge is -2.12. The number of nitrogens with one attached hydrogen (secondary N) is 1. The van der Waals surface area contributed by atoms with Crippen LogP contribution in [0.1, 0.15) is 24.5 Å². The van der Waals surface area contributed by atoms with Gasteiger partial charge in [0.15, 0.2) is 0 Å². The highest BCUT2D eigenvalue weighted by Gasteiger charge is 2.04. The zero-order chi connectivity index (χ0) is 15.1. The molecule has 0 aliphatic heterocycles. The van der Waals surface area contributed by atoms with Gasteiger partial charge in [0.05, 0.1) is 6.61 Å². The quantitative estimate of drug-likeness (QED) is 0.782. The molecule has 2 aromatic rings. The van der Waals surface area contributed by atoms with Crippen LogP contribution in [0.15, 0.2) is 46.9 Å². The van der Waals surface area contributed by atoms with E-state index in [2.05, 4.69) is 34.2 Å². The summed E-state index contributed by atoms with van der Waals surface area (Å²) in [5, 5.41) is 3.36. The second-order valence-corrected chi connectivity index (χ2v) is 5.75. The fraction of sp³-hybridized carbons (Fsp3) is 0.294. The number of ether oxygens (including phenoxy) is 1. The minimum Gasteiger partial charge on any atom is -0.493 e. The van der Waals surface area contributed by atoms with Crippen molar-refractivity contribution in [3.05, 3.63) is 63.9 Å². The van der Waals surface area contributed by atoms with Crippen molar-refractivity contribution in [1.82, 2.24) is 5.32 Å². The van der Waals surface area contributed by atoms with Gasteiger partial charge in [-0.05, 0) is 42.3 Å². The van der Waals surface area contributed by atoms with Gasteiger partial charge in [0.1, 0.15) is 11.6 Å². The highest BCUT2D eigenvalue weighted by Crippen LogP contribution is 2.23. The molecule has 0 radical (unpaired) electrons. The number of halogens is 2. The lowest BCUT2D eigenvalue weighted by molar-refractivity contribution is 0.313. The molecule has 0 heterocycles. The second-order valence-electron chi connectivity index (χ2n) is 4.83. The monoisotopic (exact) mass is 351 g/mol. The Kier molecular flexibility index (Phi) is 6.21. The highest BCUT2D eigenvalue weighted by atomic mass is 79.9. The Morgan fingerprint density at radius 2 is 1.86 bits per heavy atom. The van der Waals surface area contributed by atoms with Crippen molar-refractivity contribution in [3.8, 4) is 5.75 Å². The summed E-state index contributed by atoms with van der Waals surface area (Å²) < 4.78 is 19.6. The summed E-state index contributed by atoms with van der Waals surface area (Å²) in [5.74, 6) is 0.702. The molecule has 0 aromatic heterocycles. The molecule has 0 saturated heterocycles. The van der Waals surface area contributed by atoms with Crippen LogP contribution in [0, 0.1) is 5.82 Å². The topological polar surface area (TPSA) is 21.3 Å². The molecule has 0 spiro atoms. The van der Waals surface area contributed by atoms with Crippen molar-refractivity contribution in [2.75, 3.05) is 6.61 Å². The van der Waals surface area contributed by atoms with Crippen LogP contribution in [0.3, 0.4) is 0 Å². The Hall–Kier alpha value is -1.39. The maximum atomic E-state index is 12.8. The molecule has 112 valence electrons. The summed E-state index contributed by atoms with van der Waals surface area (Å²) in [6.45, 7) is 4.20. The number of hydrogen-bond donors (Lipinski definition) is 1. The van der Waals surface area contributed by atoms with E-state index in [1.807, 2.05) is 12.1 Å². The second kappa shape index (κ2) is 8.15. The van der Waals surface area contributed by atoms with Crippen molar-refractivity contribution in [1.29, 1.82) is 0 Å². The van der Waals surface area contributed by atoms with E-state index in [-0.39, 0.29) is 5.82 Å². The molecule has 0 unspecified atom stereocenters. The van der Waals surface area contributed by atoms with Gasteiger partial charge in [0, 0.05) is 23.1 Å². The molecule has 2 rings (SSSR count). The van der Waals surface area contributed by atoms with Crippen LogP contribution in [0.5, 0.6) is 5.75 Å². The normalized spacial score (nSPS) is 10.6. The van der Waals surface area contributed by atoms with E-state index in [1.165, 1.54) is 12.1 Å². The first-order valence-electron chi connectivity index (χ1n) is 7.05. The maximum Gasteiger partial charge on any atom is 0.123 e. The minimum absolute atomic E-state index is 0.207. The summed E-state index contributed by atoms with van der Waals surface area (Å²) in [7, 11) is 0. The van der Waals surface area contributed by atoms with Crippen molar-refractivity contribution in [3.63, 3.8) is 0 Å². The predicted molar refractivity (Wildman–Crippen MR) is 86.9 cm³/mol. The Bertz CT molecular complexity index is 572. The molecule has 2 nitrogen and oxygen atoms in total. The van der Waals surface area contributed by atoms with E-state index < -0.39 is 0 Å². The molecule has 2 aromatic carbocycles. The zero-order valence-corrected chi connectivity index (χ0v) is 13.6. The third-order valence-corrected chi connectivity index (χ3v) is 3.54. The molecule has 0 aliphatic rings. The van der Waals surface area contributed by atoms with Crippen LogP contribution < -0.4 is 10.1 Å². The predicted octanol–water partition coefficient (Wildman–Crippen LogP) is 4.67. The van der Waals surface area contributed by atoms with Gasteiger partial charge in [-0.1, -0.05) is 35.0 Å². The van der Waals surface area contributed by atoms with Gasteiger partial charge in [-0.3, -0.25) is 0 Å². The summed E-state index contributed by atoms with van der Waals surface area (Å²) in [5.41, 5.74) is 2.17. The summed E-state index contributed by atoms with van der Waals surface area (Å²) >= 11 is 3.48. The maximum absolute atomic E-state index is 12.8. The Morgan fingerprint density at radius 3 is 2.57 bits per heavy atom. The first-order valence-corrected chi connectivity index (χ1v) is 7.84. The lowest BCUT2D eigenvalue weighted by Crippen LogP contribution is -2.14. The van der Waals surface area contributed by atoms with Crippen LogP contribution in [0.2, 0.25) is 0 Å². The third-order valence-electron chi connectivity index (χ3n) is 3.04. The number of benzene rings is 2. The van der Waals surface area contributed by atoms with Gasteiger partial charge < -0.3 is 10.1 Å². The van der Waals surface area contributed by atoms with Gasteiger partial charge in [-0.15, -0.1) is 0 Å². The van der Waals surface area contributed by atoms with Gasteiger partial charge >= 0.3 is 0 Å².